The van der Waals surface area contributed by atoms with Gasteiger partial charge in [-0.25, -0.2) is 15.0 Å². The van der Waals surface area contributed by atoms with Crippen molar-refractivity contribution in [3.05, 3.63) is 35.4 Å². The highest BCUT2D eigenvalue weighted by atomic mass is 16.5. The number of amides is 3. The number of ether oxygens (including phenoxy) is 1. The zero-order valence-corrected chi connectivity index (χ0v) is 11.6. The standard InChI is InChI=1S/C13H14N4O5/c1-2-22-11(19)17-16-9-7-5-3-4-6-8(7)12(20)13(9,21)15-10(18)14-12/h3-6,20-21H,2H2,1H3,(H,17,19)(H2,14,15,18)/b16-9+/t12-,13+/m0/s1. The van der Waals surface area contributed by atoms with E-state index in [4.69, 9.17) is 0 Å². The number of hydrazone groups is 1. The van der Waals surface area contributed by atoms with Gasteiger partial charge in [-0.05, 0) is 6.92 Å². The molecule has 0 aromatic heterocycles. The normalized spacial score (nSPS) is 30.3. The predicted octanol–water partition coefficient (Wildman–Crippen LogP) is -0.703. The monoisotopic (exact) mass is 306 g/mol. The van der Waals surface area contributed by atoms with Crippen LogP contribution < -0.4 is 16.1 Å². The summed E-state index contributed by atoms with van der Waals surface area (Å²) in [5.74, 6) is 0. The Hall–Kier alpha value is -2.65. The lowest BCUT2D eigenvalue weighted by Gasteiger charge is -2.29. The number of aliphatic hydroxyl groups is 2. The fourth-order valence-corrected chi connectivity index (χ4v) is 2.64. The predicted molar refractivity (Wildman–Crippen MR) is 73.7 cm³/mol. The van der Waals surface area contributed by atoms with E-state index in [2.05, 4.69) is 25.9 Å². The second-order valence-corrected chi connectivity index (χ2v) is 4.84. The molecule has 1 heterocycles. The van der Waals surface area contributed by atoms with Crippen LogP contribution in [-0.2, 0) is 10.5 Å². The lowest BCUT2D eigenvalue weighted by atomic mass is 10.0. The van der Waals surface area contributed by atoms with Gasteiger partial charge in [-0.15, -0.1) is 0 Å². The molecule has 9 heteroatoms. The smallest absolute Gasteiger partial charge is 0.427 e. The molecular formula is C13H14N4O5. The van der Waals surface area contributed by atoms with Crippen molar-refractivity contribution in [1.29, 1.82) is 0 Å². The molecule has 1 aromatic carbocycles. The highest BCUT2D eigenvalue weighted by Gasteiger charge is 2.67. The molecule has 2 aliphatic rings. The van der Waals surface area contributed by atoms with Crippen molar-refractivity contribution in [3.63, 3.8) is 0 Å². The minimum Gasteiger partial charge on any atom is -0.449 e. The van der Waals surface area contributed by atoms with Gasteiger partial charge in [-0.2, -0.15) is 5.10 Å². The zero-order chi connectivity index (χ0) is 16.0. The highest BCUT2D eigenvalue weighted by molar-refractivity contribution is 6.14. The third-order valence-corrected chi connectivity index (χ3v) is 3.56. The van der Waals surface area contributed by atoms with E-state index >= 15 is 0 Å². The van der Waals surface area contributed by atoms with Gasteiger partial charge in [0.15, 0.2) is 0 Å². The lowest BCUT2D eigenvalue weighted by Crippen LogP contribution is -2.58. The van der Waals surface area contributed by atoms with Crippen molar-refractivity contribution in [2.24, 2.45) is 5.10 Å². The summed E-state index contributed by atoms with van der Waals surface area (Å²) >= 11 is 0. The van der Waals surface area contributed by atoms with E-state index in [1.807, 2.05) is 0 Å². The molecule has 0 unspecified atom stereocenters. The molecule has 0 radical (unpaired) electrons. The molecule has 9 nitrogen and oxygen atoms in total. The Kier molecular flexibility index (Phi) is 3.04. The molecule has 1 aliphatic carbocycles. The number of hydrogen-bond donors (Lipinski definition) is 5. The van der Waals surface area contributed by atoms with E-state index in [0.29, 0.717) is 5.56 Å². The van der Waals surface area contributed by atoms with Gasteiger partial charge in [0.05, 0.1) is 6.61 Å². The zero-order valence-electron chi connectivity index (χ0n) is 11.6. The van der Waals surface area contributed by atoms with Crippen molar-refractivity contribution in [3.8, 4) is 0 Å². The molecular weight excluding hydrogens is 292 g/mol. The van der Waals surface area contributed by atoms with Gasteiger partial charge in [-0.1, -0.05) is 24.3 Å². The van der Waals surface area contributed by atoms with Crippen molar-refractivity contribution in [2.45, 2.75) is 18.4 Å². The first-order chi connectivity index (χ1) is 10.4. The number of nitrogens with zero attached hydrogens (tertiary/aromatic N) is 1. The summed E-state index contributed by atoms with van der Waals surface area (Å²) in [6, 6.07) is 5.70. The largest absolute Gasteiger partial charge is 0.449 e. The second kappa shape index (κ2) is 4.68. The average molecular weight is 306 g/mol. The number of fused-ring (bicyclic) bond motifs is 3. The maximum Gasteiger partial charge on any atom is 0.427 e. The van der Waals surface area contributed by atoms with Gasteiger partial charge in [0, 0.05) is 11.1 Å². The van der Waals surface area contributed by atoms with E-state index in [1.165, 1.54) is 0 Å². The Balaban J connectivity index is 2.07. The summed E-state index contributed by atoms with van der Waals surface area (Å²) in [4.78, 5) is 22.9. The number of hydrogen-bond acceptors (Lipinski definition) is 6. The number of benzene rings is 1. The Morgan fingerprint density at radius 2 is 2.00 bits per heavy atom. The maximum atomic E-state index is 11.6. The molecule has 3 rings (SSSR count). The molecule has 1 fully saturated rings. The number of carbonyl (C=O) groups is 2. The van der Waals surface area contributed by atoms with Crippen LogP contribution in [-0.4, -0.2) is 40.4 Å². The fourth-order valence-electron chi connectivity index (χ4n) is 2.64. The average Bonchev–Trinajstić information content (AvgIpc) is 2.79. The van der Waals surface area contributed by atoms with E-state index in [0.717, 1.165) is 0 Å². The summed E-state index contributed by atoms with van der Waals surface area (Å²) in [6.07, 6.45) is -0.816. The molecule has 1 saturated heterocycles. The quantitative estimate of drug-likeness (QED) is 0.461. The summed E-state index contributed by atoms with van der Waals surface area (Å²) in [6.45, 7) is 1.78. The van der Waals surface area contributed by atoms with E-state index in [1.54, 1.807) is 31.2 Å². The van der Waals surface area contributed by atoms with Crippen LogP contribution >= 0.6 is 0 Å². The van der Waals surface area contributed by atoms with Gasteiger partial charge in [0.2, 0.25) is 11.4 Å². The first-order valence-electron chi connectivity index (χ1n) is 6.58. The van der Waals surface area contributed by atoms with Gasteiger partial charge >= 0.3 is 12.1 Å². The summed E-state index contributed by atoms with van der Waals surface area (Å²) in [5, 5.41) is 29.7. The van der Waals surface area contributed by atoms with Crippen LogP contribution in [0.4, 0.5) is 9.59 Å². The number of carbonyl (C=O) groups excluding carboxylic acids is 2. The van der Waals surface area contributed by atoms with Crippen molar-refractivity contribution in [1.82, 2.24) is 16.1 Å². The van der Waals surface area contributed by atoms with Crippen LogP contribution in [0.3, 0.4) is 0 Å². The Morgan fingerprint density at radius 1 is 1.32 bits per heavy atom. The minimum atomic E-state index is -2.20. The molecule has 0 spiro atoms. The van der Waals surface area contributed by atoms with E-state index in [9.17, 15) is 19.8 Å². The third kappa shape index (κ3) is 1.76. The van der Waals surface area contributed by atoms with Gasteiger partial charge in [0.25, 0.3) is 0 Å². The lowest BCUT2D eigenvalue weighted by molar-refractivity contribution is -0.110. The minimum absolute atomic E-state index is 0.1000. The van der Waals surface area contributed by atoms with Crippen LogP contribution in [0.25, 0.3) is 0 Å². The second-order valence-electron chi connectivity index (χ2n) is 4.84. The molecule has 2 atom stereocenters. The van der Waals surface area contributed by atoms with Crippen molar-refractivity contribution >= 4 is 17.8 Å². The number of urea groups is 1. The summed E-state index contributed by atoms with van der Waals surface area (Å²) in [5.41, 5.74) is -1.61. The first kappa shape index (κ1) is 14.3. The van der Waals surface area contributed by atoms with Crippen LogP contribution in [0.5, 0.6) is 0 Å². The van der Waals surface area contributed by atoms with Gasteiger partial charge in [0.1, 0.15) is 5.71 Å². The molecule has 0 saturated carbocycles. The Morgan fingerprint density at radius 3 is 2.73 bits per heavy atom. The molecule has 116 valence electrons. The molecule has 22 heavy (non-hydrogen) atoms. The first-order valence-corrected chi connectivity index (χ1v) is 6.58. The SMILES string of the molecule is CCOC(=O)N/N=C1\c2ccccc2[C@@]2(O)NC(=O)N[C@@]12O. The Bertz CT molecular complexity index is 691. The van der Waals surface area contributed by atoms with E-state index in [-0.39, 0.29) is 17.9 Å². The molecule has 1 aliphatic heterocycles. The number of nitrogens with one attached hydrogen (secondary N) is 3. The maximum absolute atomic E-state index is 11.6. The van der Waals surface area contributed by atoms with Crippen LogP contribution in [0.1, 0.15) is 18.1 Å². The molecule has 0 bridgehead atoms. The van der Waals surface area contributed by atoms with Gasteiger partial charge < -0.3 is 25.6 Å². The fraction of sp³-hybridized carbons (Fsp3) is 0.308. The molecule has 5 N–H and O–H groups in total. The summed E-state index contributed by atoms with van der Waals surface area (Å²) in [7, 11) is 0. The van der Waals surface area contributed by atoms with Crippen LogP contribution in [0.15, 0.2) is 29.4 Å². The number of rotatable bonds is 2. The van der Waals surface area contributed by atoms with Crippen molar-refractivity contribution < 1.29 is 24.5 Å². The molecule has 1 aromatic rings. The molecule has 3 amide bonds. The summed E-state index contributed by atoms with van der Waals surface area (Å²) < 4.78 is 4.68. The van der Waals surface area contributed by atoms with Crippen LogP contribution in [0.2, 0.25) is 0 Å². The van der Waals surface area contributed by atoms with Gasteiger partial charge in [-0.3, -0.25) is 0 Å². The van der Waals surface area contributed by atoms with E-state index < -0.39 is 23.6 Å². The topological polar surface area (TPSA) is 132 Å². The highest BCUT2D eigenvalue weighted by Crippen LogP contribution is 2.43. The Labute approximate surface area is 125 Å². The van der Waals surface area contributed by atoms with Crippen LogP contribution in [0, 0.1) is 0 Å². The third-order valence-electron chi connectivity index (χ3n) is 3.56. The van der Waals surface area contributed by atoms with Crippen molar-refractivity contribution in [2.75, 3.05) is 6.61 Å².